The fourth-order valence-electron chi connectivity index (χ4n) is 3.70. The highest BCUT2D eigenvalue weighted by molar-refractivity contribution is 7.89. The molecule has 4 rings (SSSR count). The van der Waals surface area contributed by atoms with Gasteiger partial charge in [0, 0.05) is 37.8 Å². The minimum atomic E-state index is -3.86. The standard InChI is InChI=1S/C21H22FN3O4S2/c1-16-14-17-4-2-5-20(21(17)23-15-16)31(28,29)25-11-3-10-24(12-13-25)30(26,27)19-8-6-18(22)7-9-19/h2,4-9,14-15H,3,10-13H2,1H3. The van der Waals surface area contributed by atoms with Crippen LogP contribution in [0.15, 0.2) is 64.5 Å². The van der Waals surface area contributed by atoms with Gasteiger partial charge in [-0.25, -0.2) is 21.2 Å². The molecule has 0 bridgehead atoms. The van der Waals surface area contributed by atoms with E-state index < -0.39 is 25.9 Å². The van der Waals surface area contributed by atoms with Crippen molar-refractivity contribution in [1.82, 2.24) is 13.6 Å². The number of hydrogen-bond acceptors (Lipinski definition) is 5. The van der Waals surface area contributed by atoms with Gasteiger partial charge in [0.1, 0.15) is 10.7 Å². The van der Waals surface area contributed by atoms with E-state index in [1.807, 2.05) is 19.1 Å². The molecule has 0 unspecified atom stereocenters. The molecule has 1 aliphatic heterocycles. The minimum absolute atomic E-state index is 0.0102. The molecule has 0 spiro atoms. The van der Waals surface area contributed by atoms with Crippen molar-refractivity contribution >= 4 is 30.9 Å². The molecule has 1 aliphatic rings. The van der Waals surface area contributed by atoms with Crippen molar-refractivity contribution in [1.29, 1.82) is 0 Å². The van der Waals surface area contributed by atoms with Gasteiger partial charge in [0.15, 0.2) is 0 Å². The topological polar surface area (TPSA) is 87.7 Å². The number of fused-ring (bicyclic) bond motifs is 1. The second-order valence-corrected chi connectivity index (χ2v) is 11.3. The van der Waals surface area contributed by atoms with E-state index >= 15 is 0 Å². The first-order chi connectivity index (χ1) is 14.7. The second-order valence-electron chi connectivity index (χ2n) is 7.46. The molecule has 0 amide bonds. The molecule has 0 aliphatic carbocycles. The molecular formula is C21H22FN3O4S2. The Bertz CT molecular complexity index is 1330. The predicted octanol–water partition coefficient (Wildman–Crippen LogP) is 2.77. The van der Waals surface area contributed by atoms with Crippen molar-refractivity contribution in [2.45, 2.75) is 23.1 Å². The second kappa shape index (κ2) is 8.27. The summed E-state index contributed by atoms with van der Waals surface area (Å²) < 4.78 is 68.3. The Balaban J connectivity index is 1.61. The summed E-state index contributed by atoms with van der Waals surface area (Å²) >= 11 is 0. The van der Waals surface area contributed by atoms with E-state index in [4.69, 9.17) is 0 Å². The minimum Gasteiger partial charge on any atom is -0.255 e. The van der Waals surface area contributed by atoms with Crippen molar-refractivity contribution in [2.24, 2.45) is 0 Å². The summed E-state index contributed by atoms with van der Waals surface area (Å²) in [6, 6.07) is 11.5. The number of hydrogen-bond donors (Lipinski definition) is 0. The molecule has 2 aromatic carbocycles. The monoisotopic (exact) mass is 463 g/mol. The number of aromatic nitrogens is 1. The summed E-state index contributed by atoms with van der Waals surface area (Å²) in [6.07, 6.45) is 1.97. The average Bonchev–Trinajstić information content (AvgIpc) is 3.01. The van der Waals surface area contributed by atoms with E-state index in [1.165, 1.54) is 26.8 Å². The summed E-state index contributed by atoms with van der Waals surface area (Å²) in [5.41, 5.74) is 1.33. The molecule has 7 nitrogen and oxygen atoms in total. The lowest BCUT2D eigenvalue weighted by Crippen LogP contribution is -2.37. The van der Waals surface area contributed by atoms with Gasteiger partial charge in [-0.05, 0) is 55.3 Å². The lowest BCUT2D eigenvalue weighted by atomic mass is 10.2. The highest BCUT2D eigenvalue weighted by atomic mass is 32.2. The number of aryl methyl sites for hydroxylation is 1. The largest absolute Gasteiger partial charge is 0.255 e. The number of rotatable bonds is 4. The summed E-state index contributed by atoms with van der Waals surface area (Å²) in [5.74, 6) is -0.522. The van der Waals surface area contributed by atoms with Gasteiger partial charge in [0.2, 0.25) is 20.0 Å². The lowest BCUT2D eigenvalue weighted by molar-refractivity contribution is 0.404. The first-order valence-corrected chi connectivity index (χ1v) is 12.7. The fourth-order valence-corrected chi connectivity index (χ4v) is 6.80. The summed E-state index contributed by atoms with van der Waals surface area (Å²) in [5, 5.41) is 0.733. The van der Waals surface area contributed by atoms with Gasteiger partial charge in [-0.15, -0.1) is 0 Å². The molecule has 2 heterocycles. The Hall–Kier alpha value is -2.40. The Kier molecular flexibility index (Phi) is 5.82. The molecule has 1 saturated heterocycles. The van der Waals surface area contributed by atoms with E-state index in [0.29, 0.717) is 11.9 Å². The third-order valence-electron chi connectivity index (χ3n) is 5.29. The summed E-state index contributed by atoms with van der Waals surface area (Å²) in [7, 11) is -7.71. The smallest absolute Gasteiger partial charge is 0.245 e. The van der Waals surface area contributed by atoms with Crippen LogP contribution in [0.1, 0.15) is 12.0 Å². The van der Waals surface area contributed by atoms with Crippen molar-refractivity contribution in [3.8, 4) is 0 Å². The Morgan fingerprint density at radius 3 is 2.19 bits per heavy atom. The van der Waals surface area contributed by atoms with Crippen molar-refractivity contribution in [3.05, 3.63) is 66.1 Å². The van der Waals surface area contributed by atoms with Crippen LogP contribution in [0.2, 0.25) is 0 Å². The van der Waals surface area contributed by atoms with Crippen LogP contribution in [0.25, 0.3) is 10.9 Å². The van der Waals surface area contributed by atoms with Crippen molar-refractivity contribution in [3.63, 3.8) is 0 Å². The van der Waals surface area contributed by atoms with Gasteiger partial charge in [0.25, 0.3) is 0 Å². The summed E-state index contributed by atoms with van der Waals surface area (Å²) in [4.78, 5) is 4.42. The van der Waals surface area contributed by atoms with Crippen LogP contribution in [-0.4, -0.2) is 56.6 Å². The molecule has 0 saturated carbocycles. The van der Waals surface area contributed by atoms with E-state index in [-0.39, 0.29) is 36.0 Å². The van der Waals surface area contributed by atoms with E-state index in [2.05, 4.69) is 4.98 Å². The lowest BCUT2D eigenvalue weighted by Gasteiger charge is -2.22. The normalized spacial score (nSPS) is 17.0. The molecule has 1 fully saturated rings. The van der Waals surface area contributed by atoms with Gasteiger partial charge in [0.05, 0.1) is 10.4 Å². The number of benzene rings is 2. The highest BCUT2D eigenvalue weighted by Crippen LogP contribution is 2.26. The number of pyridine rings is 1. The van der Waals surface area contributed by atoms with Crippen LogP contribution in [0.4, 0.5) is 4.39 Å². The SMILES string of the molecule is Cc1cnc2c(S(=O)(=O)N3CCCN(S(=O)(=O)c4ccc(F)cc4)CC3)cccc2c1. The predicted molar refractivity (Wildman–Crippen MR) is 115 cm³/mol. The number of para-hydroxylation sites is 1. The van der Waals surface area contributed by atoms with Crippen LogP contribution in [0.3, 0.4) is 0 Å². The van der Waals surface area contributed by atoms with Crippen molar-refractivity contribution < 1.29 is 21.2 Å². The maximum Gasteiger partial charge on any atom is 0.245 e. The maximum absolute atomic E-state index is 13.4. The number of sulfonamides is 2. The average molecular weight is 464 g/mol. The first-order valence-electron chi connectivity index (χ1n) is 9.81. The van der Waals surface area contributed by atoms with Crippen LogP contribution in [-0.2, 0) is 20.0 Å². The number of halogens is 1. The van der Waals surface area contributed by atoms with E-state index in [9.17, 15) is 21.2 Å². The Labute approximate surface area is 181 Å². The van der Waals surface area contributed by atoms with Crippen molar-refractivity contribution in [2.75, 3.05) is 26.2 Å². The molecule has 0 N–H and O–H groups in total. The quantitative estimate of drug-likeness (QED) is 0.594. The van der Waals surface area contributed by atoms with Gasteiger partial charge in [-0.1, -0.05) is 12.1 Å². The molecule has 164 valence electrons. The zero-order valence-electron chi connectivity index (χ0n) is 16.9. The van der Waals surface area contributed by atoms with Crippen LogP contribution < -0.4 is 0 Å². The maximum atomic E-state index is 13.4. The van der Waals surface area contributed by atoms with Gasteiger partial charge in [-0.2, -0.15) is 8.61 Å². The van der Waals surface area contributed by atoms with Gasteiger partial charge >= 0.3 is 0 Å². The zero-order valence-corrected chi connectivity index (χ0v) is 18.5. The first kappa shape index (κ1) is 21.8. The van der Waals surface area contributed by atoms with Gasteiger partial charge in [-0.3, -0.25) is 4.98 Å². The van der Waals surface area contributed by atoms with E-state index in [0.717, 1.165) is 23.1 Å². The van der Waals surface area contributed by atoms with Crippen LogP contribution in [0.5, 0.6) is 0 Å². The Morgan fingerprint density at radius 1 is 0.871 bits per heavy atom. The molecule has 3 aromatic rings. The van der Waals surface area contributed by atoms with Crippen LogP contribution in [0, 0.1) is 12.7 Å². The fraction of sp³-hybridized carbons (Fsp3) is 0.286. The molecule has 31 heavy (non-hydrogen) atoms. The number of nitrogens with zero attached hydrogens (tertiary/aromatic N) is 3. The molecule has 0 radical (unpaired) electrons. The zero-order chi connectivity index (χ0) is 22.2. The van der Waals surface area contributed by atoms with Gasteiger partial charge < -0.3 is 0 Å². The van der Waals surface area contributed by atoms with E-state index in [1.54, 1.807) is 12.3 Å². The Morgan fingerprint density at radius 2 is 1.52 bits per heavy atom. The highest BCUT2D eigenvalue weighted by Gasteiger charge is 2.32. The molecule has 0 atom stereocenters. The molecule has 1 aromatic heterocycles. The third kappa shape index (κ3) is 4.20. The third-order valence-corrected chi connectivity index (χ3v) is 9.14. The summed E-state index contributed by atoms with van der Waals surface area (Å²) in [6.45, 7) is 2.29. The van der Waals surface area contributed by atoms with Crippen LogP contribution >= 0.6 is 0 Å². The molecule has 10 heteroatoms. The molecular weight excluding hydrogens is 441 g/mol.